The molecule has 0 amide bonds. The predicted molar refractivity (Wildman–Crippen MR) is 79.5 cm³/mol. The molecule has 1 aliphatic heterocycles. The van der Waals surface area contributed by atoms with Gasteiger partial charge in [-0.25, -0.2) is 0 Å². The smallest absolute Gasteiger partial charge is 0.0919 e. The van der Waals surface area contributed by atoms with Crippen molar-refractivity contribution in [2.45, 2.75) is 71.8 Å². The van der Waals surface area contributed by atoms with Gasteiger partial charge in [-0.05, 0) is 37.5 Å². The quantitative estimate of drug-likeness (QED) is 0.650. The van der Waals surface area contributed by atoms with Crippen molar-refractivity contribution in [1.82, 2.24) is 0 Å². The summed E-state index contributed by atoms with van der Waals surface area (Å²) in [5.41, 5.74) is 0.523. The molecule has 1 nitrogen and oxygen atoms in total. The number of hydrogen-bond acceptors (Lipinski definition) is 0. The van der Waals surface area contributed by atoms with E-state index >= 15 is 0 Å². The Bertz CT molecular complexity index is 274. The number of hydrogen-bond donors (Lipinski definition) is 0. The SMILES string of the molecule is CC(C)(C)CCCC1C[N+](C)(C)C2CCCCC12. The van der Waals surface area contributed by atoms with Crippen LogP contribution in [0.3, 0.4) is 0 Å². The molecule has 0 bridgehead atoms. The Hall–Kier alpha value is -0.0400. The summed E-state index contributed by atoms with van der Waals surface area (Å²) in [7, 11) is 4.96. The predicted octanol–water partition coefficient (Wildman–Crippen LogP) is 4.47. The Kier molecular flexibility index (Phi) is 4.11. The molecule has 0 aromatic rings. The highest BCUT2D eigenvalue weighted by Crippen LogP contribution is 2.44. The first-order valence-electron chi connectivity index (χ1n) is 8.12. The summed E-state index contributed by atoms with van der Waals surface area (Å²) in [6.45, 7) is 8.58. The number of nitrogens with zero attached hydrogens (tertiary/aromatic N) is 1. The van der Waals surface area contributed by atoms with E-state index in [0.29, 0.717) is 5.41 Å². The van der Waals surface area contributed by atoms with Crippen molar-refractivity contribution < 1.29 is 4.48 Å². The van der Waals surface area contributed by atoms with E-state index < -0.39 is 0 Å². The molecule has 2 rings (SSSR count). The van der Waals surface area contributed by atoms with Crippen molar-refractivity contribution in [3.05, 3.63) is 0 Å². The molecule has 1 aliphatic carbocycles. The molecule has 2 aliphatic rings. The van der Waals surface area contributed by atoms with Gasteiger partial charge in [-0.15, -0.1) is 0 Å². The lowest BCUT2D eigenvalue weighted by molar-refractivity contribution is -0.906. The third-order valence-electron chi connectivity index (χ3n) is 5.49. The largest absolute Gasteiger partial charge is 0.326 e. The van der Waals surface area contributed by atoms with E-state index in [1.165, 1.54) is 56.0 Å². The molecule has 18 heavy (non-hydrogen) atoms. The number of rotatable bonds is 3. The fourth-order valence-electron chi connectivity index (χ4n) is 4.63. The van der Waals surface area contributed by atoms with Crippen LogP contribution < -0.4 is 0 Å². The Morgan fingerprint density at radius 3 is 2.39 bits per heavy atom. The van der Waals surface area contributed by atoms with Gasteiger partial charge in [0.2, 0.25) is 0 Å². The minimum absolute atomic E-state index is 0.523. The van der Waals surface area contributed by atoms with Gasteiger partial charge in [-0.3, -0.25) is 0 Å². The first-order valence-corrected chi connectivity index (χ1v) is 8.12. The average Bonchev–Trinajstić information content (AvgIpc) is 2.50. The van der Waals surface area contributed by atoms with Crippen LogP contribution in [-0.2, 0) is 0 Å². The molecule has 0 N–H and O–H groups in total. The summed E-state index contributed by atoms with van der Waals surface area (Å²) in [6.07, 6.45) is 10.3. The Morgan fingerprint density at radius 2 is 1.72 bits per heavy atom. The van der Waals surface area contributed by atoms with Crippen molar-refractivity contribution in [2.24, 2.45) is 17.3 Å². The van der Waals surface area contributed by atoms with Gasteiger partial charge in [0.25, 0.3) is 0 Å². The van der Waals surface area contributed by atoms with Crippen molar-refractivity contribution in [1.29, 1.82) is 0 Å². The summed E-state index contributed by atoms with van der Waals surface area (Å²) < 4.78 is 1.31. The molecule has 1 saturated heterocycles. The van der Waals surface area contributed by atoms with Gasteiger partial charge < -0.3 is 4.48 Å². The zero-order valence-electron chi connectivity index (χ0n) is 13.3. The lowest BCUT2D eigenvalue weighted by Crippen LogP contribution is -2.46. The van der Waals surface area contributed by atoms with Crippen LogP contribution in [0.4, 0.5) is 0 Å². The second-order valence-corrected chi connectivity index (χ2v) is 8.69. The van der Waals surface area contributed by atoms with E-state index in [4.69, 9.17) is 0 Å². The Labute approximate surface area is 115 Å². The molecular weight excluding hydrogens is 218 g/mol. The molecule has 1 heterocycles. The molecule has 3 unspecified atom stereocenters. The summed E-state index contributed by atoms with van der Waals surface area (Å²) in [5.74, 6) is 2.07. The van der Waals surface area contributed by atoms with Crippen molar-refractivity contribution in [2.75, 3.05) is 20.6 Å². The van der Waals surface area contributed by atoms with E-state index in [0.717, 1.165) is 17.9 Å². The maximum atomic E-state index is 2.48. The van der Waals surface area contributed by atoms with Gasteiger partial charge in [0.15, 0.2) is 0 Å². The molecule has 1 saturated carbocycles. The van der Waals surface area contributed by atoms with E-state index in [1.54, 1.807) is 0 Å². The van der Waals surface area contributed by atoms with Gasteiger partial charge in [-0.1, -0.05) is 33.6 Å². The van der Waals surface area contributed by atoms with Gasteiger partial charge in [0.05, 0.1) is 26.7 Å². The molecule has 3 atom stereocenters. The van der Waals surface area contributed by atoms with Crippen LogP contribution in [0.15, 0.2) is 0 Å². The number of likely N-dealkylation sites (tertiary alicyclic amines) is 1. The highest BCUT2D eigenvalue weighted by atomic mass is 15.4. The van der Waals surface area contributed by atoms with Crippen LogP contribution in [0.1, 0.15) is 65.7 Å². The summed E-state index contributed by atoms with van der Waals surface area (Å²) in [4.78, 5) is 0. The third-order valence-corrected chi connectivity index (χ3v) is 5.49. The monoisotopic (exact) mass is 252 g/mol. The van der Waals surface area contributed by atoms with Crippen LogP contribution >= 0.6 is 0 Å². The molecule has 0 aromatic heterocycles. The summed E-state index contributed by atoms with van der Waals surface area (Å²) in [5, 5.41) is 0. The molecule has 2 fully saturated rings. The van der Waals surface area contributed by atoms with Crippen molar-refractivity contribution in [3.8, 4) is 0 Å². The fraction of sp³-hybridized carbons (Fsp3) is 1.00. The lowest BCUT2D eigenvalue weighted by Gasteiger charge is -2.36. The maximum absolute atomic E-state index is 2.48. The van der Waals surface area contributed by atoms with Crippen molar-refractivity contribution >= 4 is 0 Å². The van der Waals surface area contributed by atoms with E-state index in [-0.39, 0.29) is 0 Å². The summed E-state index contributed by atoms with van der Waals surface area (Å²) >= 11 is 0. The normalized spacial score (nSPS) is 35.5. The topological polar surface area (TPSA) is 0 Å². The number of quaternary nitrogens is 1. The zero-order valence-corrected chi connectivity index (χ0v) is 13.3. The Morgan fingerprint density at radius 1 is 1.06 bits per heavy atom. The van der Waals surface area contributed by atoms with E-state index in [1.807, 2.05) is 0 Å². The highest BCUT2D eigenvalue weighted by Gasteiger charge is 2.49. The van der Waals surface area contributed by atoms with Crippen LogP contribution in [-0.4, -0.2) is 31.2 Å². The Balaban J connectivity index is 1.89. The van der Waals surface area contributed by atoms with Crippen LogP contribution in [0, 0.1) is 17.3 Å². The minimum atomic E-state index is 0.523. The first-order chi connectivity index (χ1) is 8.30. The average molecular weight is 252 g/mol. The molecule has 1 heteroatoms. The third kappa shape index (κ3) is 3.29. The van der Waals surface area contributed by atoms with Gasteiger partial charge in [0, 0.05) is 11.8 Å². The van der Waals surface area contributed by atoms with E-state index in [9.17, 15) is 0 Å². The van der Waals surface area contributed by atoms with Crippen molar-refractivity contribution in [3.63, 3.8) is 0 Å². The standard InChI is InChI=1S/C17H34N/c1-17(2,3)12-8-9-14-13-18(4,5)16-11-7-6-10-15(14)16/h14-16H,6-13H2,1-5H3/q+1. The highest BCUT2D eigenvalue weighted by molar-refractivity contribution is 4.87. The van der Waals surface area contributed by atoms with Crippen LogP contribution in [0.25, 0.3) is 0 Å². The molecule has 0 radical (unpaired) electrons. The molecule has 106 valence electrons. The van der Waals surface area contributed by atoms with Gasteiger partial charge in [-0.2, -0.15) is 0 Å². The van der Waals surface area contributed by atoms with Gasteiger partial charge >= 0.3 is 0 Å². The fourth-order valence-corrected chi connectivity index (χ4v) is 4.63. The lowest BCUT2D eigenvalue weighted by atomic mass is 9.77. The summed E-state index contributed by atoms with van der Waals surface area (Å²) in [6, 6.07) is 0.985. The molecule has 0 aromatic carbocycles. The molecule has 0 spiro atoms. The van der Waals surface area contributed by atoms with Crippen LogP contribution in [0.5, 0.6) is 0 Å². The zero-order chi connectivity index (χ0) is 13.4. The molecular formula is C17H34N+. The van der Waals surface area contributed by atoms with Gasteiger partial charge in [0.1, 0.15) is 0 Å². The van der Waals surface area contributed by atoms with Crippen LogP contribution in [0.2, 0.25) is 0 Å². The number of fused-ring (bicyclic) bond motifs is 1. The first kappa shape index (κ1) is 14.4. The van der Waals surface area contributed by atoms with E-state index in [2.05, 4.69) is 34.9 Å². The second kappa shape index (κ2) is 5.15. The maximum Gasteiger partial charge on any atom is 0.0919 e. The second-order valence-electron chi connectivity index (χ2n) is 8.69. The minimum Gasteiger partial charge on any atom is -0.326 e.